The molecule has 0 saturated carbocycles. The molecule has 1 aromatic rings. The van der Waals surface area contributed by atoms with Gasteiger partial charge in [-0.1, -0.05) is 24.3 Å². The Labute approximate surface area is 101 Å². The van der Waals surface area contributed by atoms with Gasteiger partial charge in [-0.05, 0) is 30.0 Å². The van der Waals surface area contributed by atoms with Crippen molar-refractivity contribution in [1.29, 1.82) is 0 Å². The van der Waals surface area contributed by atoms with Crippen LogP contribution in [0, 0.1) is 0 Å². The summed E-state index contributed by atoms with van der Waals surface area (Å²) >= 11 is 0. The van der Waals surface area contributed by atoms with Gasteiger partial charge in [0.05, 0.1) is 19.8 Å². The second-order valence-electron chi connectivity index (χ2n) is 3.88. The third-order valence-corrected chi connectivity index (χ3v) is 2.72. The van der Waals surface area contributed by atoms with Crippen molar-refractivity contribution in [3.05, 3.63) is 41.5 Å². The van der Waals surface area contributed by atoms with Gasteiger partial charge in [0.15, 0.2) is 0 Å². The van der Waals surface area contributed by atoms with E-state index >= 15 is 0 Å². The fourth-order valence-corrected chi connectivity index (χ4v) is 1.94. The van der Waals surface area contributed by atoms with E-state index in [0.717, 1.165) is 17.6 Å². The zero-order valence-electron chi connectivity index (χ0n) is 9.94. The zero-order valence-corrected chi connectivity index (χ0v) is 9.94. The van der Waals surface area contributed by atoms with Crippen LogP contribution in [0.15, 0.2) is 30.3 Å². The Morgan fingerprint density at radius 2 is 2.29 bits per heavy atom. The number of hydrogen-bond acceptors (Lipinski definition) is 3. The number of fused-ring (bicyclic) bond motifs is 1. The second-order valence-corrected chi connectivity index (χ2v) is 3.88. The first-order valence-electron chi connectivity index (χ1n) is 5.84. The van der Waals surface area contributed by atoms with E-state index in [-0.39, 0.29) is 5.97 Å². The predicted molar refractivity (Wildman–Crippen MR) is 65.6 cm³/mol. The van der Waals surface area contributed by atoms with Crippen molar-refractivity contribution in [2.45, 2.75) is 13.3 Å². The molecule has 0 saturated heterocycles. The molecule has 0 radical (unpaired) electrons. The first kappa shape index (κ1) is 11.9. The number of ether oxygens (including phenoxy) is 2. The smallest absolute Gasteiger partial charge is 0.331 e. The summed E-state index contributed by atoms with van der Waals surface area (Å²) in [6, 6.07) is 8.08. The maximum atomic E-state index is 11.5. The topological polar surface area (TPSA) is 35.5 Å². The fourth-order valence-electron chi connectivity index (χ4n) is 1.94. The van der Waals surface area contributed by atoms with E-state index in [1.54, 1.807) is 6.92 Å². The molecule has 2 rings (SSSR count). The number of carbonyl (C=O) groups is 1. The Kier molecular flexibility index (Phi) is 3.94. The van der Waals surface area contributed by atoms with Crippen molar-refractivity contribution in [2.24, 2.45) is 0 Å². The van der Waals surface area contributed by atoms with Crippen LogP contribution >= 0.6 is 0 Å². The summed E-state index contributed by atoms with van der Waals surface area (Å²) in [4.78, 5) is 11.5. The highest BCUT2D eigenvalue weighted by atomic mass is 16.5. The molecule has 90 valence electrons. The molecule has 0 aromatic heterocycles. The zero-order chi connectivity index (χ0) is 12.1. The van der Waals surface area contributed by atoms with E-state index in [1.807, 2.05) is 18.2 Å². The first-order valence-corrected chi connectivity index (χ1v) is 5.84. The van der Waals surface area contributed by atoms with Gasteiger partial charge in [-0.3, -0.25) is 0 Å². The Morgan fingerprint density at radius 1 is 1.47 bits per heavy atom. The van der Waals surface area contributed by atoms with Gasteiger partial charge >= 0.3 is 5.97 Å². The van der Waals surface area contributed by atoms with Crippen molar-refractivity contribution >= 4 is 11.5 Å². The lowest BCUT2D eigenvalue weighted by Gasteiger charge is -2.07. The third kappa shape index (κ3) is 2.94. The molecule has 0 unspecified atom stereocenters. The van der Waals surface area contributed by atoms with Crippen LogP contribution in [0.4, 0.5) is 0 Å². The molecule has 3 heteroatoms. The maximum Gasteiger partial charge on any atom is 0.331 e. The molecular formula is C14H16O3. The van der Waals surface area contributed by atoms with E-state index in [2.05, 4.69) is 6.07 Å². The molecule has 17 heavy (non-hydrogen) atoms. The van der Waals surface area contributed by atoms with Crippen LogP contribution in [-0.4, -0.2) is 25.8 Å². The van der Waals surface area contributed by atoms with Gasteiger partial charge in [0, 0.05) is 6.08 Å². The average Bonchev–Trinajstić information content (AvgIpc) is 2.53. The predicted octanol–water partition coefficient (Wildman–Crippen LogP) is 2.21. The average molecular weight is 232 g/mol. The molecule has 3 nitrogen and oxygen atoms in total. The van der Waals surface area contributed by atoms with E-state index in [9.17, 15) is 4.79 Å². The molecule has 0 spiro atoms. The Morgan fingerprint density at radius 3 is 3.12 bits per heavy atom. The minimum Gasteiger partial charge on any atom is -0.463 e. The SMILES string of the molecule is CCOC(=O)/C=C1\COCCc2ccccc21. The van der Waals surface area contributed by atoms with Gasteiger partial charge in [0.2, 0.25) is 0 Å². The lowest BCUT2D eigenvalue weighted by molar-refractivity contribution is -0.137. The molecule has 0 atom stereocenters. The lowest BCUT2D eigenvalue weighted by atomic mass is 9.99. The molecule has 1 aromatic carbocycles. The number of hydrogen-bond donors (Lipinski definition) is 0. The van der Waals surface area contributed by atoms with Crippen LogP contribution in [0.1, 0.15) is 18.1 Å². The van der Waals surface area contributed by atoms with Crippen LogP contribution in [0.3, 0.4) is 0 Å². The van der Waals surface area contributed by atoms with Crippen LogP contribution in [0.5, 0.6) is 0 Å². The normalized spacial score (nSPS) is 17.4. The van der Waals surface area contributed by atoms with Crippen molar-refractivity contribution in [3.8, 4) is 0 Å². The Balaban J connectivity index is 2.31. The van der Waals surface area contributed by atoms with Gasteiger partial charge < -0.3 is 9.47 Å². The van der Waals surface area contributed by atoms with Crippen molar-refractivity contribution in [1.82, 2.24) is 0 Å². The molecule has 0 bridgehead atoms. The Hall–Kier alpha value is -1.61. The van der Waals surface area contributed by atoms with E-state index in [0.29, 0.717) is 19.8 Å². The highest BCUT2D eigenvalue weighted by molar-refractivity contribution is 5.92. The summed E-state index contributed by atoms with van der Waals surface area (Å²) < 4.78 is 10.4. The fraction of sp³-hybridized carbons (Fsp3) is 0.357. The summed E-state index contributed by atoms with van der Waals surface area (Å²) in [5.74, 6) is -0.303. The molecule has 0 fully saturated rings. The molecule has 0 amide bonds. The molecule has 0 aliphatic carbocycles. The van der Waals surface area contributed by atoms with Crippen molar-refractivity contribution < 1.29 is 14.3 Å². The first-order chi connectivity index (χ1) is 8.31. The lowest BCUT2D eigenvalue weighted by Crippen LogP contribution is -2.03. The minimum absolute atomic E-state index is 0.303. The minimum atomic E-state index is -0.303. The van der Waals surface area contributed by atoms with Gasteiger partial charge in [-0.2, -0.15) is 0 Å². The molecule has 1 aliphatic rings. The summed E-state index contributed by atoms with van der Waals surface area (Å²) in [6.45, 7) is 3.35. The molecule has 1 heterocycles. The van der Waals surface area contributed by atoms with Gasteiger partial charge in [0.1, 0.15) is 0 Å². The van der Waals surface area contributed by atoms with Crippen LogP contribution in [0.2, 0.25) is 0 Å². The molecule has 1 aliphatic heterocycles. The summed E-state index contributed by atoms with van der Waals surface area (Å²) in [5, 5.41) is 0. The summed E-state index contributed by atoms with van der Waals surface area (Å²) in [5.41, 5.74) is 3.22. The van der Waals surface area contributed by atoms with E-state index in [4.69, 9.17) is 9.47 Å². The van der Waals surface area contributed by atoms with Crippen molar-refractivity contribution in [3.63, 3.8) is 0 Å². The quantitative estimate of drug-likeness (QED) is 0.579. The molecular weight excluding hydrogens is 216 g/mol. The van der Waals surface area contributed by atoms with E-state index in [1.165, 1.54) is 11.6 Å². The number of carbonyl (C=O) groups excluding carboxylic acids is 1. The summed E-state index contributed by atoms with van der Waals surface area (Å²) in [6.07, 6.45) is 2.42. The monoisotopic (exact) mass is 232 g/mol. The highest BCUT2D eigenvalue weighted by Crippen LogP contribution is 2.23. The largest absolute Gasteiger partial charge is 0.463 e. The van der Waals surface area contributed by atoms with Crippen molar-refractivity contribution in [2.75, 3.05) is 19.8 Å². The highest BCUT2D eigenvalue weighted by Gasteiger charge is 2.13. The standard InChI is InChI=1S/C14H16O3/c1-2-17-14(15)9-12-10-16-8-7-11-5-3-4-6-13(11)12/h3-6,9H,2,7-8,10H2,1H3/b12-9+. The molecule has 0 N–H and O–H groups in total. The van der Waals surface area contributed by atoms with Gasteiger partial charge in [0.25, 0.3) is 0 Å². The number of rotatable bonds is 2. The van der Waals surface area contributed by atoms with Crippen LogP contribution in [0.25, 0.3) is 5.57 Å². The van der Waals surface area contributed by atoms with E-state index < -0.39 is 0 Å². The van der Waals surface area contributed by atoms with Gasteiger partial charge in [-0.15, -0.1) is 0 Å². The second kappa shape index (κ2) is 5.64. The van der Waals surface area contributed by atoms with Crippen LogP contribution in [-0.2, 0) is 20.7 Å². The summed E-state index contributed by atoms with van der Waals surface area (Å²) in [7, 11) is 0. The maximum absolute atomic E-state index is 11.5. The third-order valence-electron chi connectivity index (χ3n) is 2.72. The number of benzene rings is 1. The van der Waals surface area contributed by atoms with Gasteiger partial charge in [-0.25, -0.2) is 4.79 Å². The number of esters is 1. The van der Waals surface area contributed by atoms with Crippen LogP contribution < -0.4 is 0 Å². The Bertz CT molecular complexity index is 435.